The minimum Gasteiger partial charge on any atom is -0.495 e. The molecule has 0 fully saturated rings. The summed E-state index contributed by atoms with van der Waals surface area (Å²) in [6, 6.07) is 8.72. The second-order valence-electron chi connectivity index (χ2n) is 6.59. The van der Waals surface area contributed by atoms with Gasteiger partial charge in [-0.05, 0) is 36.4 Å². The van der Waals surface area contributed by atoms with E-state index in [2.05, 4.69) is 15.6 Å². The summed E-state index contributed by atoms with van der Waals surface area (Å²) in [6.45, 7) is 0. The first kappa shape index (κ1) is 25.5. The number of hydrogen-bond donors (Lipinski definition) is 3. The second kappa shape index (κ2) is 10.4. The summed E-state index contributed by atoms with van der Waals surface area (Å²) in [6.07, 6.45) is -3.28. The van der Waals surface area contributed by atoms with Crippen LogP contribution >= 0.6 is 35.0 Å². The van der Waals surface area contributed by atoms with Crippen LogP contribution in [0.1, 0.15) is 16.1 Å². The number of urea groups is 1. The number of benzene rings is 2. The third-order valence-electron chi connectivity index (χ3n) is 4.25. The van der Waals surface area contributed by atoms with Crippen molar-refractivity contribution in [3.63, 3.8) is 0 Å². The maximum absolute atomic E-state index is 13.2. The molecular formula is C21H15Cl2F3N4O3S. The number of aromatic nitrogens is 1. The SMILES string of the molecule is COc1cc(Cl)c(C(F)(F)F)cc1NC(=O)Nc1ccc(Sc2ccnc(C(N)=O)c2)cc1Cl. The van der Waals surface area contributed by atoms with Crippen molar-refractivity contribution in [2.75, 3.05) is 17.7 Å². The van der Waals surface area contributed by atoms with Crippen molar-refractivity contribution in [2.45, 2.75) is 16.0 Å². The topological polar surface area (TPSA) is 106 Å². The number of nitrogens with zero attached hydrogens (tertiary/aromatic N) is 1. The second-order valence-corrected chi connectivity index (χ2v) is 8.56. The first-order valence-corrected chi connectivity index (χ1v) is 10.8. The molecule has 3 amide bonds. The molecule has 34 heavy (non-hydrogen) atoms. The Morgan fingerprint density at radius 3 is 2.29 bits per heavy atom. The van der Waals surface area contributed by atoms with Crippen LogP contribution in [0.2, 0.25) is 10.0 Å². The molecule has 1 aromatic heterocycles. The van der Waals surface area contributed by atoms with E-state index in [9.17, 15) is 22.8 Å². The molecule has 0 radical (unpaired) electrons. The van der Waals surface area contributed by atoms with Gasteiger partial charge in [0.2, 0.25) is 0 Å². The number of methoxy groups -OCH3 is 1. The first-order valence-electron chi connectivity index (χ1n) is 9.24. The van der Waals surface area contributed by atoms with Gasteiger partial charge in [0.1, 0.15) is 11.4 Å². The number of anilines is 2. The Morgan fingerprint density at radius 2 is 1.68 bits per heavy atom. The quantitative estimate of drug-likeness (QED) is 0.346. The fourth-order valence-electron chi connectivity index (χ4n) is 2.72. The first-order chi connectivity index (χ1) is 16.0. The lowest BCUT2D eigenvalue weighted by molar-refractivity contribution is -0.137. The number of alkyl halides is 3. The summed E-state index contributed by atoms with van der Waals surface area (Å²) in [5.41, 5.74) is 4.19. The van der Waals surface area contributed by atoms with Crippen molar-refractivity contribution in [1.29, 1.82) is 0 Å². The Bertz CT molecular complexity index is 1260. The molecule has 1 heterocycles. The number of carbonyl (C=O) groups is 2. The van der Waals surface area contributed by atoms with Gasteiger partial charge in [-0.25, -0.2) is 4.79 Å². The van der Waals surface area contributed by atoms with E-state index in [1.807, 2.05) is 0 Å². The average molecular weight is 531 g/mol. The van der Waals surface area contributed by atoms with Gasteiger partial charge in [-0.3, -0.25) is 9.78 Å². The lowest BCUT2D eigenvalue weighted by Crippen LogP contribution is -2.20. The molecule has 0 atom stereocenters. The number of carbonyl (C=O) groups excluding carboxylic acids is 2. The van der Waals surface area contributed by atoms with Crippen LogP contribution in [0.25, 0.3) is 0 Å². The molecule has 0 unspecified atom stereocenters. The maximum atomic E-state index is 13.2. The van der Waals surface area contributed by atoms with Crippen LogP contribution in [0.3, 0.4) is 0 Å². The number of hydrogen-bond acceptors (Lipinski definition) is 5. The fraction of sp³-hybridized carbons (Fsp3) is 0.0952. The summed E-state index contributed by atoms with van der Waals surface area (Å²) in [4.78, 5) is 28.9. The molecule has 3 aromatic rings. The Balaban J connectivity index is 1.75. The third kappa shape index (κ3) is 6.25. The summed E-state index contributed by atoms with van der Waals surface area (Å²) >= 11 is 13.2. The van der Waals surface area contributed by atoms with Crippen LogP contribution in [0, 0.1) is 0 Å². The highest BCUT2D eigenvalue weighted by atomic mass is 35.5. The molecule has 0 spiro atoms. The number of halogens is 5. The van der Waals surface area contributed by atoms with Crippen molar-refractivity contribution in [3.05, 3.63) is 70.0 Å². The standard InChI is InChI=1S/C21H15Cl2F3N4O3S/c1-33-18-9-13(22)12(21(24,25)26)8-16(18)30-20(32)29-15-3-2-10(6-14(15)23)34-11-4-5-28-17(7-11)19(27)31/h2-9H,1H3,(H2,27,31)(H2,29,30,32). The van der Waals surface area contributed by atoms with Crippen LogP contribution in [-0.2, 0) is 6.18 Å². The van der Waals surface area contributed by atoms with Gasteiger partial charge in [-0.1, -0.05) is 35.0 Å². The molecular weight excluding hydrogens is 516 g/mol. The molecule has 2 aromatic carbocycles. The van der Waals surface area contributed by atoms with Gasteiger partial charge in [-0.2, -0.15) is 13.2 Å². The van der Waals surface area contributed by atoms with Gasteiger partial charge in [0.05, 0.1) is 34.1 Å². The highest BCUT2D eigenvalue weighted by molar-refractivity contribution is 7.99. The van der Waals surface area contributed by atoms with Crippen LogP contribution in [0.15, 0.2) is 58.5 Å². The zero-order valence-corrected chi connectivity index (χ0v) is 19.5. The summed E-state index contributed by atoms with van der Waals surface area (Å²) in [5.74, 6) is -0.718. The van der Waals surface area contributed by atoms with Gasteiger partial charge >= 0.3 is 12.2 Å². The van der Waals surface area contributed by atoms with E-state index in [-0.39, 0.29) is 27.8 Å². The highest BCUT2D eigenvalue weighted by Gasteiger charge is 2.34. The maximum Gasteiger partial charge on any atom is 0.417 e. The van der Waals surface area contributed by atoms with Crippen molar-refractivity contribution in [3.8, 4) is 5.75 Å². The Labute approximate surface area is 205 Å². The largest absolute Gasteiger partial charge is 0.495 e. The number of rotatable bonds is 6. The summed E-state index contributed by atoms with van der Waals surface area (Å²) in [7, 11) is 1.23. The Kier molecular flexibility index (Phi) is 7.80. The molecule has 7 nitrogen and oxygen atoms in total. The smallest absolute Gasteiger partial charge is 0.417 e. The van der Waals surface area contributed by atoms with E-state index in [1.54, 1.807) is 18.2 Å². The van der Waals surface area contributed by atoms with E-state index < -0.39 is 28.7 Å². The third-order valence-corrected chi connectivity index (χ3v) is 5.86. The molecule has 0 aliphatic rings. The zero-order chi connectivity index (χ0) is 25.0. The van der Waals surface area contributed by atoms with Gasteiger partial charge in [-0.15, -0.1) is 0 Å². The molecule has 178 valence electrons. The van der Waals surface area contributed by atoms with Crippen molar-refractivity contribution >= 4 is 58.3 Å². The monoisotopic (exact) mass is 530 g/mol. The predicted molar refractivity (Wildman–Crippen MR) is 124 cm³/mol. The van der Waals surface area contributed by atoms with E-state index in [0.29, 0.717) is 15.9 Å². The van der Waals surface area contributed by atoms with Crippen LogP contribution < -0.4 is 21.1 Å². The van der Waals surface area contributed by atoms with Crippen LogP contribution in [0.5, 0.6) is 5.75 Å². The van der Waals surface area contributed by atoms with Gasteiger partial charge in [0.25, 0.3) is 5.91 Å². The number of primary amides is 1. The van der Waals surface area contributed by atoms with Gasteiger partial charge in [0.15, 0.2) is 0 Å². The average Bonchev–Trinajstić information content (AvgIpc) is 2.76. The molecule has 3 rings (SSSR count). The fourth-order valence-corrected chi connectivity index (χ4v) is 4.16. The molecule has 0 bridgehead atoms. The van der Waals surface area contributed by atoms with Crippen LogP contribution in [0.4, 0.5) is 29.3 Å². The predicted octanol–water partition coefficient (Wildman–Crippen LogP) is 6.31. The van der Waals surface area contributed by atoms with E-state index in [0.717, 1.165) is 6.07 Å². The molecule has 0 saturated carbocycles. The van der Waals surface area contributed by atoms with Gasteiger partial charge < -0.3 is 21.1 Å². The molecule has 0 aliphatic carbocycles. The number of nitrogens with one attached hydrogen (secondary N) is 2. The minimum absolute atomic E-state index is 0.0568. The molecule has 4 N–H and O–H groups in total. The Hall–Kier alpha value is -3.15. The van der Waals surface area contributed by atoms with Crippen molar-refractivity contribution in [2.24, 2.45) is 5.73 Å². The van der Waals surface area contributed by atoms with E-state index in [1.165, 1.54) is 37.2 Å². The molecule has 13 heteroatoms. The van der Waals surface area contributed by atoms with Gasteiger partial charge in [0, 0.05) is 22.1 Å². The normalized spacial score (nSPS) is 11.1. The lowest BCUT2D eigenvalue weighted by atomic mass is 10.1. The lowest BCUT2D eigenvalue weighted by Gasteiger charge is -2.16. The highest BCUT2D eigenvalue weighted by Crippen LogP contribution is 2.40. The minimum atomic E-state index is -4.72. The number of amides is 3. The molecule has 0 aliphatic heterocycles. The number of ether oxygens (including phenoxy) is 1. The summed E-state index contributed by atoms with van der Waals surface area (Å²) < 4.78 is 44.5. The van der Waals surface area contributed by atoms with Crippen molar-refractivity contribution < 1.29 is 27.5 Å². The summed E-state index contributed by atoms with van der Waals surface area (Å²) in [5, 5.41) is 4.37. The number of nitrogens with two attached hydrogens (primary N) is 1. The van der Waals surface area contributed by atoms with Crippen molar-refractivity contribution in [1.82, 2.24) is 4.98 Å². The number of pyridine rings is 1. The van der Waals surface area contributed by atoms with E-state index >= 15 is 0 Å². The van der Waals surface area contributed by atoms with Crippen LogP contribution in [-0.4, -0.2) is 24.0 Å². The van der Waals surface area contributed by atoms with E-state index in [4.69, 9.17) is 33.7 Å². The Morgan fingerprint density at radius 1 is 1.00 bits per heavy atom. The molecule has 0 saturated heterocycles. The zero-order valence-electron chi connectivity index (χ0n) is 17.2.